The summed E-state index contributed by atoms with van der Waals surface area (Å²) in [6.07, 6.45) is 0. The summed E-state index contributed by atoms with van der Waals surface area (Å²) < 4.78 is -3.76. The number of aromatic nitrogens is 3. The molecule has 22 heavy (non-hydrogen) atoms. The molecule has 11 heteroatoms. The van der Waals surface area contributed by atoms with Crippen LogP contribution in [0.3, 0.4) is 0 Å². The SMILES string of the molecule is Clc1cccc(Sc2nc(C(Cl)(Cl)Cl)nc(C(Cl)(Cl)Cl)n2)c1. The topological polar surface area (TPSA) is 38.7 Å². The number of nitrogens with zero attached hydrogens (tertiary/aromatic N) is 3. The summed E-state index contributed by atoms with van der Waals surface area (Å²) in [5, 5.41) is 0.766. The minimum Gasteiger partial charge on any atom is -0.209 e. The Morgan fingerprint density at radius 3 is 1.82 bits per heavy atom. The maximum Gasteiger partial charge on any atom is 0.250 e. The fraction of sp³-hybridized carbons (Fsp3) is 0.182. The molecule has 0 aliphatic rings. The van der Waals surface area contributed by atoms with E-state index in [1.54, 1.807) is 18.2 Å². The van der Waals surface area contributed by atoms with Gasteiger partial charge < -0.3 is 0 Å². The van der Waals surface area contributed by atoms with Crippen LogP contribution in [0, 0.1) is 0 Å². The fourth-order valence-electron chi connectivity index (χ4n) is 1.29. The number of rotatable bonds is 2. The number of halogens is 7. The molecule has 0 amide bonds. The molecule has 1 aromatic heterocycles. The minimum atomic E-state index is -1.88. The van der Waals surface area contributed by atoms with Crippen molar-refractivity contribution < 1.29 is 0 Å². The van der Waals surface area contributed by atoms with Gasteiger partial charge in [0.15, 0.2) is 16.8 Å². The quantitative estimate of drug-likeness (QED) is 0.493. The van der Waals surface area contributed by atoms with Crippen LogP contribution in [-0.4, -0.2) is 15.0 Å². The van der Waals surface area contributed by atoms with Crippen LogP contribution in [0.15, 0.2) is 34.3 Å². The Labute approximate surface area is 165 Å². The second kappa shape index (κ2) is 7.24. The van der Waals surface area contributed by atoms with E-state index >= 15 is 0 Å². The lowest BCUT2D eigenvalue weighted by atomic mass is 10.4. The Kier molecular flexibility index (Phi) is 6.23. The van der Waals surface area contributed by atoms with Crippen molar-refractivity contribution in [2.24, 2.45) is 0 Å². The van der Waals surface area contributed by atoms with Crippen molar-refractivity contribution in [3.05, 3.63) is 40.9 Å². The molecular formula is C11H4Cl7N3S. The van der Waals surface area contributed by atoms with Gasteiger partial charge in [-0.2, -0.15) is 0 Å². The first-order valence-electron chi connectivity index (χ1n) is 5.39. The molecule has 0 N–H and O–H groups in total. The molecule has 118 valence electrons. The van der Waals surface area contributed by atoms with E-state index in [4.69, 9.17) is 81.2 Å². The van der Waals surface area contributed by atoms with Crippen LogP contribution >= 0.6 is 93.0 Å². The maximum atomic E-state index is 5.93. The third-order valence-electron chi connectivity index (χ3n) is 2.13. The highest BCUT2D eigenvalue weighted by molar-refractivity contribution is 7.99. The zero-order chi connectivity index (χ0) is 16.5. The van der Waals surface area contributed by atoms with E-state index in [2.05, 4.69) is 15.0 Å². The van der Waals surface area contributed by atoms with Crippen LogP contribution in [-0.2, 0) is 7.59 Å². The standard InChI is InChI=1S/C11H4Cl7N3S/c12-5-2-1-3-6(4-5)22-9-20-7(10(13,14)15)19-8(21-9)11(16,17)18/h1-4H. The van der Waals surface area contributed by atoms with Gasteiger partial charge in [0.05, 0.1) is 0 Å². The van der Waals surface area contributed by atoms with Gasteiger partial charge in [-0.25, -0.2) is 15.0 Å². The average molecular weight is 458 g/mol. The van der Waals surface area contributed by atoms with Crippen LogP contribution in [0.1, 0.15) is 11.6 Å². The molecule has 1 heterocycles. The van der Waals surface area contributed by atoms with Crippen LogP contribution in [0.2, 0.25) is 5.02 Å². The zero-order valence-corrected chi connectivity index (χ0v) is 16.3. The molecule has 0 aliphatic heterocycles. The molecule has 2 rings (SSSR count). The Morgan fingerprint density at radius 1 is 0.818 bits per heavy atom. The van der Waals surface area contributed by atoms with Gasteiger partial charge in [-0.3, -0.25) is 0 Å². The van der Waals surface area contributed by atoms with E-state index < -0.39 is 7.59 Å². The van der Waals surface area contributed by atoms with Crippen molar-refractivity contribution in [1.82, 2.24) is 15.0 Å². The van der Waals surface area contributed by atoms with Gasteiger partial charge in [0, 0.05) is 9.92 Å². The van der Waals surface area contributed by atoms with Gasteiger partial charge in [-0.15, -0.1) is 0 Å². The fourth-order valence-corrected chi connectivity index (χ4v) is 2.86. The third kappa shape index (κ3) is 5.32. The van der Waals surface area contributed by atoms with Crippen molar-refractivity contribution in [2.45, 2.75) is 17.6 Å². The van der Waals surface area contributed by atoms with Crippen molar-refractivity contribution >= 4 is 93.0 Å². The first-order chi connectivity index (χ1) is 10.1. The third-order valence-corrected chi connectivity index (χ3v) is 4.23. The normalized spacial score (nSPS) is 12.5. The number of alkyl halides is 6. The minimum absolute atomic E-state index is 0.140. The van der Waals surface area contributed by atoms with Gasteiger partial charge in [0.25, 0.3) is 0 Å². The highest BCUT2D eigenvalue weighted by atomic mass is 35.6. The van der Waals surface area contributed by atoms with Crippen LogP contribution in [0.5, 0.6) is 0 Å². The largest absolute Gasteiger partial charge is 0.250 e. The summed E-state index contributed by atoms with van der Waals surface area (Å²) in [5.41, 5.74) is 0. The summed E-state index contributed by atoms with van der Waals surface area (Å²) in [6.45, 7) is 0. The van der Waals surface area contributed by atoms with E-state index in [0.717, 1.165) is 16.7 Å². The summed E-state index contributed by atoms with van der Waals surface area (Å²) in [7, 11) is 0. The lowest BCUT2D eigenvalue weighted by Crippen LogP contribution is -2.16. The smallest absolute Gasteiger partial charge is 0.209 e. The Bertz CT molecular complexity index is 652. The maximum absolute atomic E-state index is 5.93. The van der Waals surface area contributed by atoms with Crippen molar-refractivity contribution in [3.63, 3.8) is 0 Å². The zero-order valence-electron chi connectivity index (χ0n) is 10.2. The molecule has 0 fully saturated rings. The first-order valence-corrected chi connectivity index (χ1v) is 8.86. The highest BCUT2D eigenvalue weighted by Crippen LogP contribution is 2.41. The lowest BCUT2D eigenvalue weighted by Gasteiger charge is -2.15. The summed E-state index contributed by atoms with van der Waals surface area (Å²) in [6, 6.07) is 7.04. The Hall–Kier alpha value is 0.610. The van der Waals surface area contributed by atoms with E-state index in [1.807, 2.05) is 6.07 Å². The molecule has 0 atom stereocenters. The highest BCUT2D eigenvalue weighted by Gasteiger charge is 2.33. The van der Waals surface area contributed by atoms with Gasteiger partial charge >= 0.3 is 0 Å². The molecule has 0 aliphatic carbocycles. The molecular weight excluding hydrogens is 454 g/mol. The molecule has 0 spiro atoms. The van der Waals surface area contributed by atoms with E-state index in [-0.39, 0.29) is 16.8 Å². The Balaban J connectivity index is 2.46. The summed E-state index contributed by atoms with van der Waals surface area (Å²) in [4.78, 5) is 12.8. The van der Waals surface area contributed by atoms with E-state index in [9.17, 15) is 0 Å². The van der Waals surface area contributed by atoms with Gasteiger partial charge in [-0.1, -0.05) is 87.3 Å². The number of hydrogen-bond acceptors (Lipinski definition) is 4. The van der Waals surface area contributed by atoms with Crippen molar-refractivity contribution in [2.75, 3.05) is 0 Å². The van der Waals surface area contributed by atoms with Gasteiger partial charge in [0.2, 0.25) is 7.59 Å². The molecule has 3 nitrogen and oxygen atoms in total. The predicted molar refractivity (Wildman–Crippen MR) is 93.9 cm³/mol. The molecule has 0 radical (unpaired) electrons. The molecule has 0 bridgehead atoms. The molecule has 0 saturated heterocycles. The van der Waals surface area contributed by atoms with Crippen LogP contribution < -0.4 is 0 Å². The summed E-state index contributed by atoms with van der Waals surface area (Å²) in [5.74, 6) is -0.281. The van der Waals surface area contributed by atoms with Crippen LogP contribution in [0.4, 0.5) is 0 Å². The monoisotopic (exact) mass is 455 g/mol. The second-order valence-corrected chi connectivity index (χ2v) is 9.86. The molecule has 0 saturated carbocycles. The summed E-state index contributed by atoms with van der Waals surface area (Å²) >= 11 is 41.9. The van der Waals surface area contributed by atoms with E-state index in [1.165, 1.54) is 0 Å². The van der Waals surface area contributed by atoms with Crippen molar-refractivity contribution in [3.8, 4) is 0 Å². The molecule has 1 aromatic carbocycles. The molecule has 2 aromatic rings. The lowest BCUT2D eigenvalue weighted by molar-refractivity contribution is 0.768. The van der Waals surface area contributed by atoms with E-state index in [0.29, 0.717) is 5.02 Å². The molecule has 0 unspecified atom stereocenters. The number of hydrogen-bond donors (Lipinski definition) is 0. The van der Waals surface area contributed by atoms with Gasteiger partial charge in [-0.05, 0) is 30.0 Å². The predicted octanol–water partition coefficient (Wildman–Crippen LogP) is 6.33. The Morgan fingerprint density at radius 2 is 1.36 bits per heavy atom. The first kappa shape index (κ1) is 18.9. The average Bonchev–Trinajstić information content (AvgIpc) is 2.36. The van der Waals surface area contributed by atoms with Crippen molar-refractivity contribution in [1.29, 1.82) is 0 Å². The van der Waals surface area contributed by atoms with Crippen LogP contribution in [0.25, 0.3) is 0 Å². The van der Waals surface area contributed by atoms with Gasteiger partial charge in [0.1, 0.15) is 0 Å². The second-order valence-electron chi connectivity index (χ2n) is 3.82. The number of benzene rings is 1.